The summed E-state index contributed by atoms with van der Waals surface area (Å²) in [4.78, 5) is 36.5. The second-order valence-corrected chi connectivity index (χ2v) is 10.7. The maximum Gasteiger partial charge on any atom is 0.317 e. The summed E-state index contributed by atoms with van der Waals surface area (Å²) in [7, 11) is 1.71. The minimum atomic E-state index is -0.521. The zero-order valence-electron chi connectivity index (χ0n) is 22.6. The van der Waals surface area contributed by atoms with E-state index in [-0.39, 0.29) is 42.2 Å². The van der Waals surface area contributed by atoms with Crippen molar-refractivity contribution in [2.75, 3.05) is 29.9 Å². The van der Waals surface area contributed by atoms with Gasteiger partial charge in [-0.3, -0.25) is 14.3 Å². The molecule has 0 saturated carbocycles. The van der Waals surface area contributed by atoms with Gasteiger partial charge in [0, 0.05) is 73.2 Å². The molecule has 2 amide bonds. The van der Waals surface area contributed by atoms with Crippen LogP contribution in [0.4, 0.5) is 15.8 Å². The number of carbonyl (C=O) groups is 2. The third-order valence-electron chi connectivity index (χ3n) is 7.28. The summed E-state index contributed by atoms with van der Waals surface area (Å²) in [6, 6.07) is 7.15. The van der Waals surface area contributed by atoms with Crippen molar-refractivity contribution in [1.29, 1.82) is 0 Å². The lowest BCUT2D eigenvalue weighted by molar-refractivity contribution is -0.119. The maximum atomic E-state index is 14.7. The SMILES string of the molecule is C[C@@H]1CN(c2ccc(C(=O)Nc3cc(F)c4nn(C)cc4c3)c3nc(OCC4CCC(=O)N4)ncc23)C[C@H](C)N1. The number of aromatic nitrogens is 4. The van der Waals surface area contributed by atoms with Crippen molar-refractivity contribution in [1.82, 2.24) is 30.4 Å². The highest BCUT2D eigenvalue weighted by molar-refractivity contribution is 6.14. The lowest BCUT2D eigenvalue weighted by Crippen LogP contribution is -2.54. The summed E-state index contributed by atoms with van der Waals surface area (Å²) in [6.45, 7) is 6.07. The number of nitrogens with one attached hydrogen (secondary N) is 3. The highest BCUT2D eigenvalue weighted by atomic mass is 19.1. The van der Waals surface area contributed by atoms with E-state index in [1.54, 1.807) is 31.6 Å². The van der Waals surface area contributed by atoms with Crippen LogP contribution in [-0.2, 0) is 11.8 Å². The first kappa shape index (κ1) is 25.9. The topological polar surface area (TPSA) is 126 Å². The quantitative estimate of drug-likeness (QED) is 0.337. The minimum Gasteiger partial charge on any atom is -0.461 e. The average molecular weight is 547 g/mol. The van der Waals surface area contributed by atoms with Crippen molar-refractivity contribution in [2.45, 2.75) is 44.8 Å². The molecule has 11 nitrogen and oxygen atoms in total. The predicted molar refractivity (Wildman–Crippen MR) is 149 cm³/mol. The highest BCUT2D eigenvalue weighted by Crippen LogP contribution is 2.31. The number of anilines is 2. The smallest absolute Gasteiger partial charge is 0.317 e. The van der Waals surface area contributed by atoms with E-state index in [1.165, 1.54) is 10.7 Å². The van der Waals surface area contributed by atoms with E-state index in [9.17, 15) is 14.0 Å². The number of piperazine rings is 1. The van der Waals surface area contributed by atoms with Gasteiger partial charge >= 0.3 is 6.01 Å². The second kappa shape index (κ2) is 10.3. The van der Waals surface area contributed by atoms with Crippen LogP contribution in [0.5, 0.6) is 6.01 Å². The lowest BCUT2D eigenvalue weighted by Gasteiger charge is -2.38. The Morgan fingerprint density at radius 3 is 2.75 bits per heavy atom. The van der Waals surface area contributed by atoms with Crippen molar-refractivity contribution < 1.29 is 18.7 Å². The number of halogens is 1. The number of nitrogens with zero attached hydrogens (tertiary/aromatic N) is 5. The number of hydrogen-bond acceptors (Lipinski definition) is 8. The van der Waals surface area contributed by atoms with Gasteiger partial charge in [-0.1, -0.05) is 0 Å². The van der Waals surface area contributed by atoms with Gasteiger partial charge in [0.15, 0.2) is 5.82 Å². The molecule has 4 heterocycles. The lowest BCUT2D eigenvalue weighted by atomic mass is 10.0. The first-order valence-corrected chi connectivity index (χ1v) is 13.4. The van der Waals surface area contributed by atoms with Gasteiger partial charge in [-0.25, -0.2) is 9.37 Å². The van der Waals surface area contributed by atoms with Gasteiger partial charge in [-0.15, -0.1) is 0 Å². The van der Waals surface area contributed by atoms with E-state index in [4.69, 9.17) is 4.74 Å². The molecule has 2 aliphatic rings. The summed E-state index contributed by atoms with van der Waals surface area (Å²) in [5.74, 6) is -0.960. The number of ether oxygens (including phenoxy) is 1. The van der Waals surface area contributed by atoms with Crippen molar-refractivity contribution in [2.24, 2.45) is 7.05 Å². The molecule has 0 aliphatic carbocycles. The summed E-state index contributed by atoms with van der Waals surface area (Å²) in [5, 5.41) is 14.6. The monoisotopic (exact) mass is 546 g/mol. The molecule has 0 spiro atoms. The highest BCUT2D eigenvalue weighted by Gasteiger charge is 2.26. The minimum absolute atomic E-state index is 0.00276. The molecule has 12 heteroatoms. The molecule has 3 atom stereocenters. The van der Waals surface area contributed by atoms with Crippen molar-refractivity contribution >= 4 is 45.0 Å². The Kier molecular flexibility index (Phi) is 6.70. The summed E-state index contributed by atoms with van der Waals surface area (Å²) < 4.78 is 22.0. The van der Waals surface area contributed by atoms with Gasteiger partial charge in [0.05, 0.1) is 17.1 Å². The van der Waals surface area contributed by atoms with Gasteiger partial charge in [0.25, 0.3) is 5.91 Å². The summed E-state index contributed by atoms with van der Waals surface area (Å²) in [5.41, 5.74) is 2.21. The number of aryl methyl sites for hydroxylation is 1. The van der Waals surface area contributed by atoms with E-state index in [1.807, 2.05) is 6.07 Å². The van der Waals surface area contributed by atoms with Crippen LogP contribution in [0.15, 0.2) is 36.7 Å². The number of fused-ring (bicyclic) bond motifs is 2. The first-order valence-electron chi connectivity index (χ1n) is 13.4. The van der Waals surface area contributed by atoms with Crippen LogP contribution in [0.1, 0.15) is 37.0 Å². The van der Waals surface area contributed by atoms with Gasteiger partial charge in [0.2, 0.25) is 5.91 Å². The third-order valence-corrected chi connectivity index (χ3v) is 7.28. The third kappa shape index (κ3) is 5.14. The normalized spacial score (nSPS) is 21.1. The molecular weight excluding hydrogens is 515 g/mol. The van der Waals surface area contributed by atoms with Gasteiger partial charge < -0.3 is 25.6 Å². The molecule has 40 heavy (non-hydrogen) atoms. The maximum absolute atomic E-state index is 14.7. The molecule has 1 unspecified atom stereocenters. The summed E-state index contributed by atoms with van der Waals surface area (Å²) >= 11 is 0. The number of amides is 2. The fourth-order valence-electron chi connectivity index (χ4n) is 5.60. The summed E-state index contributed by atoms with van der Waals surface area (Å²) in [6.07, 6.45) is 4.52. The predicted octanol–water partition coefficient (Wildman–Crippen LogP) is 2.75. The molecule has 6 rings (SSSR count). The molecule has 0 bridgehead atoms. The number of carbonyl (C=O) groups excluding carboxylic acids is 2. The fourth-order valence-corrected chi connectivity index (χ4v) is 5.60. The molecule has 208 valence electrons. The zero-order chi connectivity index (χ0) is 28.0. The standard InChI is InChI=1S/C28H31FN8O3/c1-15-11-37(12-16(2)31-15)23-6-5-20(27(39)33-19-8-17-13-36(3)35-25(17)22(29)9-19)26-21(23)10-30-28(34-26)40-14-18-4-7-24(38)32-18/h5-6,8-10,13,15-16,18,31H,4,7,11-12,14H2,1-3H3,(H,32,38)(H,33,39)/t15-,16+,18?. The van der Waals surface area contributed by atoms with Crippen LogP contribution in [0.3, 0.4) is 0 Å². The van der Waals surface area contributed by atoms with E-state index in [0.29, 0.717) is 40.4 Å². The Balaban J connectivity index is 1.35. The molecular formula is C28H31FN8O3. The van der Waals surface area contributed by atoms with Gasteiger partial charge in [0.1, 0.15) is 12.1 Å². The molecule has 3 N–H and O–H groups in total. The Morgan fingerprint density at radius 1 is 1.20 bits per heavy atom. The Labute approximate surface area is 230 Å². The van der Waals surface area contributed by atoms with Gasteiger partial charge in [-0.05, 0) is 44.5 Å². The van der Waals surface area contributed by atoms with Crippen LogP contribution in [-0.4, -0.2) is 69.4 Å². The molecule has 0 radical (unpaired) electrons. The molecule has 2 saturated heterocycles. The molecule has 2 aromatic carbocycles. The van der Waals surface area contributed by atoms with E-state index in [0.717, 1.165) is 18.8 Å². The zero-order valence-corrected chi connectivity index (χ0v) is 22.6. The van der Waals surface area contributed by atoms with Crippen molar-refractivity contribution in [3.8, 4) is 6.01 Å². The van der Waals surface area contributed by atoms with E-state index < -0.39 is 11.7 Å². The Morgan fingerprint density at radius 2 is 2.00 bits per heavy atom. The van der Waals surface area contributed by atoms with Crippen LogP contribution < -0.4 is 25.6 Å². The average Bonchev–Trinajstić information content (AvgIpc) is 3.50. The fraction of sp³-hybridized carbons (Fsp3) is 0.393. The van der Waals surface area contributed by atoms with E-state index >= 15 is 0 Å². The Hall–Kier alpha value is -4.32. The molecule has 4 aromatic rings. The van der Waals surface area contributed by atoms with Crippen molar-refractivity contribution in [3.05, 3.63) is 48.0 Å². The largest absolute Gasteiger partial charge is 0.461 e. The molecule has 2 aromatic heterocycles. The number of hydrogen-bond donors (Lipinski definition) is 3. The Bertz CT molecular complexity index is 1610. The van der Waals surface area contributed by atoms with Crippen molar-refractivity contribution in [3.63, 3.8) is 0 Å². The number of rotatable bonds is 6. The molecule has 2 aliphatic heterocycles. The van der Waals surface area contributed by atoms with Crippen LogP contribution in [0.2, 0.25) is 0 Å². The van der Waals surface area contributed by atoms with Crippen LogP contribution >= 0.6 is 0 Å². The van der Waals surface area contributed by atoms with Gasteiger partial charge in [-0.2, -0.15) is 10.1 Å². The number of benzene rings is 2. The molecule has 2 fully saturated rings. The van der Waals surface area contributed by atoms with Crippen LogP contribution in [0.25, 0.3) is 21.8 Å². The van der Waals surface area contributed by atoms with E-state index in [2.05, 4.69) is 49.8 Å². The first-order chi connectivity index (χ1) is 19.2. The van der Waals surface area contributed by atoms with Crippen LogP contribution in [0, 0.1) is 5.82 Å². The second-order valence-electron chi connectivity index (χ2n) is 10.7.